The number of Topliss-reactive ketones (excluding diaryl/α,β-unsaturated/α-hetero) is 1. The molecular formula is C42H33BrClNO6. The van der Waals surface area contributed by atoms with E-state index in [2.05, 4.69) is 15.9 Å². The van der Waals surface area contributed by atoms with Gasteiger partial charge in [-0.25, -0.2) is 4.90 Å². The van der Waals surface area contributed by atoms with Crippen LogP contribution in [0.5, 0.6) is 11.5 Å². The molecule has 4 aliphatic rings. The fraction of sp³-hybridized carbons (Fsp3) is 0.238. The number of ketones is 2. The molecule has 9 heteroatoms. The molecule has 1 heterocycles. The number of rotatable bonds is 5. The maximum atomic E-state index is 15.2. The smallest absolute Gasteiger partial charge is 0.238 e. The van der Waals surface area contributed by atoms with Crippen LogP contribution in [0.1, 0.15) is 41.0 Å². The van der Waals surface area contributed by atoms with Gasteiger partial charge in [-0.1, -0.05) is 106 Å². The van der Waals surface area contributed by atoms with Crippen molar-refractivity contribution in [2.45, 2.75) is 31.1 Å². The van der Waals surface area contributed by atoms with Crippen molar-refractivity contribution >= 4 is 62.2 Å². The van der Waals surface area contributed by atoms with Crippen LogP contribution < -0.4 is 9.64 Å². The summed E-state index contributed by atoms with van der Waals surface area (Å²) in [5, 5.41) is 12.3. The molecule has 0 spiro atoms. The lowest BCUT2D eigenvalue weighted by molar-refractivity contribution is -0.135. The lowest BCUT2D eigenvalue weighted by Crippen LogP contribution is -2.58. The Morgan fingerprint density at radius 2 is 1.61 bits per heavy atom. The van der Waals surface area contributed by atoms with Gasteiger partial charge >= 0.3 is 0 Å². The SMILES string of the molecule is COc1cc(Br)cc([C@H]2C3=CC[C@@H]4C(=O)N(c5ccc(C)c(Cl)c5)C(=O)[C@@H]4[C@@H]3C[C@H]3C(=O)C(c4ccccc4)=CC(=O)[C@@]23c2ccccc2)c1O. The minimum atomic E-state index is -1.48. The first-order valence-electron chi connectivity index (χ1n) is 16.9. The predicted octanol–water partition coefficient (Wildman–Crippen LogP) is 8.15. The second-order valence-corrected chi connectivity index (χ2v) is 15.1. The van der Waals surface area contributed by atoms with Crippen molar-refractivity contribution in [3.8, 4) is 11.5 Å². The molecule has 3 aliphatic carbocycles. The molecule has 7 nitrogen and oxygen atoms in total. The number of hydrogen-bond donors (Lipinski definition) is 1. The molecule has 1 saturated heterocycles. The van der Waals surface area contributed by atoms with E-state index in [-0.39, 0.29) is 47.7 Å². The maximum Gasteiger partial charge on any atom is 0.238 e. The monoisotopic (exact) mass is 761 g/mol. The van der Waals surface area contributed by atoms with E-state index in [9.17, 15) is 14.7 Å². The van der Waals surface area contributed by atoms with E-state index in [1.165, 1.54) is 18.1 Å². The Labute approximate surface area is 308 Å². The standard InChI is InChI=1S/C42H33BrClNO6/c1-22-13-14-26(19-33(22)44)45-40(49)28-16-15-27-30(36(28)41(45)50)20-32-38(47)29(23-9-5-3-6-10-23)21-35(46)42(32,24-11-7-4-8-12-24)37(27)31-17-25(43)18-34(51-2)39(31)48/h3-15,17-19,21,28,30,32,36-37,48H,16,20H2,1-2H3/t28-,30+,32-,36-,37+,42-/m0/s1. The number of imide groups is 1. The number of allylic oxidation sites excluding steroid dienone is 4. The van der Waals surface area contributed by atoms with Crippen LogP contribution in [-0.2, 0) is 24.6 Å². The number of amides is 2. The quantitative estimate of drug-likeness (QED) is 0.163. The Balaban J connectivity index is 1.38. The molecule has 2 fully saturated rings. The molecule has 0 unspecified atom stereocenters. The third-order valence-corrected chi connectivity index (χ3v) is 12.3. The number of carbonyl (C=O) groups excluding carboxylic acids is 4. The molecule has 8 rings (SSSR count). The normalized spacial score (nSPS) is 27.0. The number of carbonyl (C=O) groups is 4. The lowest BCUT2D eigenvalue weighted by atomic mass is 9.44. The molecule has 0 aromatic heterocycles. The fourth-order valence-electron chi connectivity index (χ4n) is 9.16. The molecule has 51 heavy (non-hydrogen) atoms. The fourth-order valence-corrected chi connectivity index (χ4v) is 9.79. The highest BCUT2D eigenvalue weighted by Crippen LogP contribution is 2.65. The van der Waals surface area contributed by atoms with Crippen molar-refractivity contribution in [3.05, 3.63) is 140 Å². The van der Waals surface area contributed by atoms with E-state index in [1.54, 1.807) is 30.3 Å². The molecule has 1 N–H and O–H groups in total. The van der Waals surface area contributed by atoms with E-state index in [0.29, 0.717) is 37.4 Å². The van der Waals surface area contributed by atoms with Crippen LogP contribution in [-0.4, -0.2) is 35.6 Å². The van der Waals surface area contributed by atoms with Gasteiger partial charge in [-0.05, 0) is 72.7 Å². The molecule has 256 valence electrons. The number of benzene rings is 4. The van der Waals surface area contributed by atoms with Gasteiger partial charge in [0.2, 0.25) is 11.8 Å². The predicted molar refractivity (Wildman–Crippen MR) is 198 cm³/mol. The van der Waals surface area contributed by atoms with Gasteiger partial charge in [0.1, 0.15) is 0 Å². The number of hydrogen-bond acceptors (Lipinski definition) is 6. The Morgan fingerprint density at radius 3 is 2.29 bits per heavy atom. The lowest BCUT2D eigenvalue weighted by Gasteiger charge is -2.55. The minimum absolute atomic E-state index is 0.153. The number of anilines is 1. The first kappa shape index (κ1) is 33.4. The number of methoxy groups -OCH3 is 1. The van der Waals surface area contributed by atoms with E-state index < -0.39 is 35.0 Å². The number of ether oxygens (including phenoxy) is 1. The van der Waals surface area contributed by atoms with Crippen LogP contribution in [0, 0.1) is 30.6 Å². The Hall–Kier alpha value is -4.79. The highest BCUT2D eigenvalue weighted by atomic mass is 79.9. The first-order valence-corrected chi connectivity index (χ1v) is 18.1. The van der Waals surface area contributed by atoms with E-state index in [0.717, 1.165) is 11.1 Å². The van der Waals surface area contributed by atoms with E-state index in [4.69, 9.17) is 16.3 Å². The zero-order valence-corrected chi connectivity index (χ0v) is 30.1. The average Bonchev–Trinajstić information content (AvgIpc) is 3.40. The molecular weight excluding hydrogens is 730 g/mol. The van der Waals surface area contributed by atoms with Gasteiger partial charge < -0.3 is 9.84 Å². The summed E-state index contributed by atoms with van der Waals surface area (Å²) in [5.74, 6) is -5.01. The molecule has 4 aromatic carbocycles. The van der Waals surface area contributed by atoms with Gasteiger partial charge in [-0.15, -0.1) is 0 Å². The average molecular weight is 763 g/mol. The van der Waals surface area contributed by atoms with Crippen LogP contribution in [0.15, 0.2) is 113 Å². The maximum absolute atomic E-state index is 15.2. The largest absolute Gasteiger partial charge is 0.504 e. The highest BCUT2D eigenvalue weighted by Gasteiger charge is 2.66. The van der Waals surface area contributed by atoms with Gasteiger partial charge in [0.05, 0.1) is 30.0 Å². The van der Waals surface area contributed by atoms with Gasteiger partial charge in [0.15, 0.2) is 23.1 Å². The van der Waals surface area contributed by atoms with Crippen LogP contribution in [0.2, 0.25) is 5.02 Å². The third-order valence-electron chi connectivity index (χ3n) is 11.4. The number of nitrogens with zero attached hydrogens (tertiary/aromatic N) is 1. The molecule has 4 aromatic rings. The molecule has 1 saturated carbocycles. The zero-order chi connectivity index (χ0) is 35.8. The number of halogens is 2. The topological polar surface area (TPSA) is 101 Å². The van der Waals surface area contributed by atoms with E-state index >= 15 is 9.59 Å². The van der Waals surface area contributed by atoms with Crippen LogP contribution >= 0.6 is 27.5 Å². The van der Waals surface area contributed by atoms with Crippen LogP contribution in [0.3, 0.4) is 0 Å². The van der Waals surface area contributed by atoms with Crippen molar-refractivity contribution in [2.24, 2.45) is 23.7 Å². The summed E-state index contributed by atoms with van der Waals surface area (Å²) in [6, 6.07) is 26.9. The number of aromatic hydroxyl groups is 1. The van der Waals surface area contributed by atoms with Gasteiger partial charge in [-0.2, -0.15) is 0 Å². The second-order valence-electron chi connectivity index (χ2n) is 13.8. The summed E-state index contributed by atoms with van der Waals surface area (Å²) in [6.07, 6.45) is 3.83. The summed E-state index contributed by atoms with van der Waals surface area (Å²) in [4.78, 5) is 60.2. The third kappa shape index (κ3) is 4.90. The molecule has 1 aliphatic heterocycles. The number of fused-ring (bicyclic) bond motifs is 4. The van der Waals surface area contributed by atoms with Gasteiger partial charge in [0, 0.05) is 32.5 Å². The van der Waals surface area contributed by atoms with E-state index in [1.807, 2.05) is 73.7 Å². The second kappa shape index (κ2) is 12.5. The van der Waals surface area contributed by atoms with Crippen LogP contribution in [0.4, 0.5) is 5.69 Å². The summed E-state index contributed by atoms with van der Waals surface area (Å²) in [6.45, 7) is 1.85. The Bertz CT molecular complexity index is 2220. The Morgan fingerprint density at radius 1 is 0.902 bits per heavy atom. The highest BCUT2D eigenvalue weighted by molar-refractivity contribution is 9.10. The number of aryl methyl sites for hydroxylation is 1. The minimum Gasteiger partial charge on any atom is -0.504 e. The van der Waals surface area contributed by atoms with Gasteiger partial charge in [0.25, 0.3) is 0 Å². The van der Waals surface area contributed by atoms with Crippen LogP contribution in [0.25, 0.3) is 5.57 Å². The molecule has 0 radical (unpaired) electrons. The Kier molecular flexibility index (Phi) is 8.15. The summed E-state index contributed by atoms with van der Waals surface area (Å²) < 4.78 is 6.20. The molecule has 2 amide bonds. The van der Waals surface area contributed by atoms with Crippen molar-refractivity contribution in [2.75, 3.05) is 12.0 Å². The van der Waals surface area contributed by atoms with Crippen molar-refractivity contribution in [1.82, 2.24) is 0 Å². The van der Waals surface area contributed by atoms with Crippen molar-refractivity contribution < 1.29 is 29.0 Å². The summed E-state index contributed by atoms with van der Waals surface area (Å²) in [7, 11) is 1.45. The first-order chi connectivity index (χ1) is 24.6. The summed E-state index contributed by atoms with van der Waals surface area (Å²) in [5.41, 5.74) is 2.43. The van der Waals surface area contributed by atoms with Crippen molar-refractivity contribution in [1.29, 1.82) is 0 Å². The summed E-state index contributed by atoms with van der Waals surface area (Å²) >= 11 is 10.1. The molecule has 6 atom stereocenters. The molecule has 0 bridgehead atoms. The number of phenols is 1. The van der Waals surface area contributed by atoms with Gasteiger partial charge in [-0.3, -0.25) is 19.2 Å². The number of phenolic OH excluding ortho intramolecular Hbond substituents is 1. The van der Waals surface area contributed by atoms with Crippen molar-refractivity contribution in [3.63, 3.8) is 0 Å². The zero-order valence-electron chi connectivity index (χ0n) is 27.8.